The Bertz CT molecular complexity index is 661. The van der Waals surface area contributed by atoms with Crippen molar-refractivity contribution in [1.82, 2.24) is 4.90 Å². The van der Waals surface area contributed by atoms with Crippen molar-refractivity contribution in [2.75, 3.05) is 166 Å². The van der Waals surface area contributed by atoms with E-state index in [1.807, 2.05) is 0 Å². The Morgan fingerprint density at radius 2 is 0.909 bits per heavy atom. The second kappa shape index (κ2) is 31.3. The van der Waals surface area contributed by atoms with E-state index in [-0.39, 0.29) is 19.8 Å². The van der Waals surface area contributed by atoms with Crippen molar-refractivity contribution < 1.29 is 71.2 Å². The van der Waals surface area contributed by atoms with E-state index in [9.17, 15) is 9.59 Å². The van der Waals surface area contributed by atoms with Crippen molar-refractivity contribution in [3.63, 3.8) is 0 Å². The predicted octanol–water partition coefficient (Wildman–Crippen LogP) is -0.207. The molecule has 260 valence electrons. The van der Waals surface area contributed by atoms with Gasteiger partial charge in [-0.2, -0.15) is 0 Å². The molecule has 0 N–H and O–H groups in total. The number of esters is 1. The van der Waals surface area contributed by atoms with Gasteiger partial charge in [-0.15, -0.1) is 0 Å². The van der Waals surface area contributed by atoms with E-state index >= 15 is 0 Å². The second-order valence-corrected chi connectivity index (χ2v) is 9.13. The van der Waals surface area contributed by atoms with Gasteiger partial charge in [0, 0.05) is 14.2 Å². The number of methoxy groups -OCH3 is 1. The normalized spacial score (nSPS) is 14.8. The van der Waals surface area contributed by atoms with E-state index < -0.39 is 18.2 Å². The monoisotopic (exact) mass is 643 g/mol. The number of nitrogens with zero attached hydrogens (tertiary/aromatic N) is 1. The van der Waals surface area contributed by atoms with Crippen LogP contribution in [0.15, 0.2) is 0 Å². The summed E-state index contributed by atoms with van der Waals surface area (Å²) in [6.45, 7) is 9.73. The molecule has 1 fully saturated rings. The first-order chi connectivity index (χ1) is 21.6. The topological polar surface area (TPSA) is 157 Å². The lowest BCUT2D eigenvalue weighted by atomic mass is 10.4. The molecule has 1 aliphatic heterocycles. The van der Waals surface area contributed by atoms with Crippen LogP contribution in [-0.2, 0) is 66.4 Å². The summed E-state index contributed by atoms with van der Waals surface area (Å²) in [4.78, 5) is 24.3. The lowest BCUT2D eigenvalue weighted by molar-refractivity contribution is -0.151. The minimum Gasteiger partial charge on any atom is -0.460 e. The average Bonchev–Trinajstić information content (AvgIpc) is 3.35. The van der Waals surface area contributed by atoms with E-state index in [2.05, 4.69) is 0 Å². The summed E-state index contributed by atoms with van der Waals surface area (Å²) in [5, 5.41) is 0. The Morgan fingerprint density at radius 1 is 0.591 bits per heavy atom. The Balaban J connectivity index is 1.65. The lowest BCUT2D eigenvalue weighted by Crippen LogP contribution is -2.25. The molecule has 0 aliphatic carbocycles. The predicted molar refractivity (Wildman–Crippen MR) is 154 cm³/mol. The highest BCUT2D eigenvalue weighted by Crippen LogP contribution is 2.08. The van der Waals surface area contributed by atoms with E-state index in [1.165, 1.54) is 4.90 Å². The number of rotatable bonds is 34. The molecule has 1 amide bonds. The second-order valence-electron chi connectivity index (χ2n) is 9.13. The molecule has 0 radical (unpaired) electrons. The molecule has 0 spiro atoms. The Labute approximate surface area is 260 Å². The molecule has 0 aromatic heterocycles. The van der Waals surface area contributed by atoms with Crippen molar-refractivity contribution >= 4 is 12.1 Å². The number of amides is 1. The third kappa shape index (κ3) is 26.7. The lowest BCUT2D eigenvalue weighted by Gasteiger charge is -2.10. The van der Waals surface area contributed by atoms with E-state index in [4.69, 9.17) is 61.6 Å². The van der Waals surface area contributed by atoms with Crippen LogP contribution in [0.25, 0.3) is 0 Å². The molecule has 0 aromatic rings. The van der Waals surface area contributed by atoms with Gasteiger partial charge in [0.15, 0.2) is 6.10 Å². The zero-order chi connectivity index (χ0) is 31.8. The molecule has 0 unspecified atom stereocenters. The highest BCUT2D eigenvalue weighted by molar-refractivity contribution is 5.71. The molecule has 16 heteroatoms. The molecule has 0 saturated carbocycles. The number of hydrogen-bond donors (Lipinski definition) is 0. The third-order valence-corrected chi connectivity index (χ3v) is 5.49. The largest absolute Gasteiger partial charge is 0.460 e. The molecular formula is C28H53NO15. The van der Waals surface area contributed by atoms with Crippen LogP contribution in [0.1, 0.15) is 0 Å². The molecule has 1 atom stereocenters. The summed E-state index contributed by atoms with van der Waals surface area (Å²) in [7, 11) is 3.26. The number of ether oxygens (including phenoxy) is 13. The maximum atomic E-state index is 11.6. The first kappa shape index (κ1) is 40.3. The molecule has 1 rings (SSSR count). The maximum absolute atomic E-state index is 11.6. The average molecular weight is 644 g/mol. The van der Waals surface area contributed by atoms with Crippen LogP contribution < -0.4 is 0 Å². The van der Waals surface area contributed by atoms with E-state index in [0.29, 0.717) is 132 Å². The standard InChI is InChI=1S/C28H53NO15/c1-29-23-26(44-28(29)31)24-43-27(30)25-42-22-21-41-20-19-40-18-17-39-16-15-38-14-13-37-12-11-36-10-9-35-8-7-34-6-5-33-4-3-32-2/h26H,3-25H2,1-2H3/t26-/m0/s1. The number of carbonyl (C=O) groups excluding carboxylic acids is 2. The highest BCUT2D eigenvalue weighted by Gasteiger charge is 2.29. The van der Waals surface area contributed by atoms with Gasteiger partial charge >= 0.3 is 12.1 Å². The zero-order valence-electron chi connectivity index (χ0n) is 26.4. The van der Waals surface area contributed by atoms with Gasteiger partial charge in [-0.1, -0.05) is 0 Å². The highest BCUT2D eigenvalue weighted by atomic mass is 16.6. The molecule has 1 heterocycles. The summed E-state index contributed by atoms with van der Waals surface area (Å²) in [5.41, 5.74) is 0. The van der Waals surface area contributed by atoms with Gasteiger partial charge in [0.25, 0.3) is 0 Å². The molecular weight excluding hydrogens is 590 g/mol. The minimum absolute atomic E-state index is 0.0125. The zero-order valence-corrected chi connectivity index (χ0v) is 26.4. The van der Waals surface area contributed by atoms with Gasteiger partial charge < -0.3 is 66.5 Å². The number of carbonyl (C=O) groups is 2. The summed E-state index contributed by atoms with van der Waals surface area (Å²) in [5.74, 6) is -0.521. The molecule has 0 aromatic carbocycles. The van der Waals surface area contributed by atoms with Crippen molar-refractivity contribution in [1.29, 1.82) is 0 Å². The smallest absolute Gasteiger partial charge is 0.410 e. The molecule has 0 bridgehead atoms. The van der Waals surface area contributed by atoms with Crippen LogP contribution in [0, 0.1) is 0 Å². The van der Waals surface area contributed by atoms with Crippen LogP contribution in [0.5, 0.6) is 0 Å². The summed E-state index contributed by atoms with van der Waals surface area (Å²) in [6, 6.07) is 0. The van der Waals surface area contributed by atoms with E-state index in [1.54, 1.807) is 14.2 Å². The van der Waals surface area contributed by atoms with Gasteiger partial charge in [-0.25, -0.2) is 9.59 Å². The van der Waals surface area contributed by atoms with Gasteiger partial charge in [0.05, 0.1) is 139 Å². The first-order valence-corrected chi connectivity index (χ1v) is 15.0. The van der Waals surface area contributed by atoms with Crippen LogP contribution in [0.4, 0.5) is 4.79 Å². The summed E-state index contributed by atoms with van der Waals surface area (Å²) in [6.07, 6.45) is -0.870. The fourth-order valence-corrected chi connectivity index (χ4v) is 3.24. The fraction of sp³-hybridized carbons (Fsp3) is 0.929. The van der Waals surface area contributed by atoms with Gasteiger partial charge in [0.2, 0.25) is 0 Å². The molecule has 1 aliphatic rings. The Morgan fingerprint density at radius 3 is 1.20 bits per heavy atom. The minimum atomic E-state index is -0.521. The van der Waals surface area contributed by atoms with Gasteiger partial charge in [-0.3, -0.25) is 0 Å². The summed E-state index contributed by atoms with van der Waals surface area (Å²) >= 11 is 0. The molecule has 1 saturated heterocycles. The van der Waals surface area contributed by atoms with Crippen molar-refractivity contribution in [3.05, 3.63) is 0 Å². The third-order valence-electron chi connectivity index (χ3n) is 5.49. The molecule has 44 heavy (non-hydrogen) atoms. The van der Waals surface area contributed by atoms with Crippen molar-refractivity contribution in [2.24, 2.45) is 0 Å². The maximum Gasteiger partial charge on any atom is 0.410 e. The van der Waals surface area contributed by atoms with Crippen LogP contribution in [-0.4, -0.2) is 189 Å². The van der Waals surface area contributed by atoms with Gasteiger partial charge in [-0.05, 0) is 0 Å². The molecule has 16 nitrogen and oxygen atoms in total. The SMILES string of the molecule is COCCOCCOCCOCCOCCOCCOCCOCCOCCOCCOCC(=O)OC[C@@H]1CN(C)C(=O)O1. The van der Waals surface area contributed by atoms with Gasteiger partial charge in [0.1, 0.15) is 13.2 Å². The quantitative estimate of drug-likeness (QED) is 0.0670. The first-order valence-electron chi connectivity index (χ1n) is 15.0. The van der Waals surface area contributed by atoms with Crippen molar-refractivity contribution in [3.8, 4) is 0 Å². The number of hydrogen-bond acceptors (Lipinski definition) is 15. The summed E-state index contributed by atoms with van der Waals surface area (Å²) < 4.78 is 68.8. The van der Waals surface area contributed by atoms with Crippen LogP contribution in [0.3, 0.4) is 0 Å². The number of cyclic esters (lactones) is 1. The van der Waals surface area contributed by atoms with Crippen LogP contribution >= 0.6 is 0 Å². The van der Waals surface area contributed by atoms with E-state index in [0.717, 1.165) is 0 Å². The van der Waals surface area contributed by atoms with Crippen LogP contribution in [0.2, 0.25) is 0 Å². The number of likely N-dealkylation sites (N-methyl/N-ethyl adjacent to an activating group) is 1. The van der Waals surface area contributed by atoms with Crippen molar-refractivity contribution in [2.45, 2.75) is 6.10 Å². The Kier molecular flexibility index (Phi) is 28.7. The fourth-order valence-electron chi connectivity index (χ4n) is 3.24. The Hall–Kier alpha value is -1.70.